The van der Waals surface area contributed by atoms with Crippen molar-refractivity contribution in [2.24, 2.45) is 11.5 Å². The molecule has 0 bridgehead atoms. The molecule has 0 aromatic heterocycles. The van der Waals surface area contributed by atoms with Crippen LogP contribution in [0.25, 0.3) is 0 Å². The first-order valence-electron chi connectivity index (χ1n) is 5.36. The zero-order valence-electron chi connectivity index (χ0n) is 10.1. The molecule has 0 fully saturated rings. The maximum Gasteiger partial charge on any atom is 0.320 e. The minimum absolute atomic E-state index is 0. The van der Waals surface area contributed by atoms with Crippen LogP contribution >= 0.6 is 37.4 Å². The number of ketones is 1. The number of unbranched alkanes of at least 4 members (excludes halogenated alkanes) is 2. The first-order chi connectivity index (χ1) is 7.49. The lowest BCUT2D eigenvalue weighted by molar-refractivity contribution is -0.138. The lowest BCUT2D eigenvalue weighted by Crippen LogP contribution is -2.32. The van der Waals surface area contributed by atoms with E-state index in [1.165, 1.54) is 0 Å². The third kappa shape index (κ3) is 11.1. The van der Waals surface area contributed by atoms with Crippen LogP contribution in [0.1, 0.15) is 32.1 Å². The van der Waals surface area contributed by atoms with Gasteiger partial charge in [-0.3, -0.25) is 9.59 Å². The Morgan fingerprint density at radius 3 is 2.06 bits per heavy atom. The Kier molecular flexibility index (Phi) is 17.2. The largest absolute Gasteiger partial charge is 0.480 e. The van der Waals surface area contributed by atoms with Crippen LogP contribution in [0, 0.1) is 0 Å². The fraction of sp³-hybridized carbons (Fsp3) is 0.800. The normalized spacial score (nSPS) is 12.8. The molecule has 0 saturated carbocycles. The number of carbonyl (C=O) groups is 2. The molecule has 0 heterocycles. The summed E-state index contributed by atoms with van der Waals surface area (Å²) in [5, 5.41) is 8.53. The second-order valence-electron chi connectivity index (χ2n) is 3.80. The van der Waals surface area contributed by atoms with Crippen molar-refractivity contribution in [2.45, 2.75) is 44.2 Å². The zero-order chi connectivity index (χ0) is 12.6. The van der Waals surface area contributed by atoms with Gasteiger partial charge in [0.25, 0.3) is 0 Å². The minimum atomic E-state index is -0.979. The molecular weight excluding hydrogens is 299 g/mol. The molecule has 1 unspecified atom stereocenters. The SMILES string of the molecule is Cl.Cl.NC(CS)C(=O)CCCCC[C@H](N)C(=O)O. The number of Topliss-reactive ketones (excluding diaryl/α,β-unsaturated/α-hetero) is 1. The van der Waals surface area contributed by atoms with E-state index in [9.17, 15) is 9.59 Å². The molecule has 0 amide bonds. The number of carboxylic acid groups (broad SMARTS) is 1. The van der Waals surface area contributed by atoms with Crippen LogP contribution in [0.5, 0.6) is 0 Å². The molecule has 0 rings (SSSR count). The summed E-state index contributed by atoms with van der Waals surface area (Å²) in [7, 11) is 0. The van der Waals surface area contributed by atoms with Gasteiger partial charge in [0.15, 0.2) is 0 Å². The molecule has 0 radical (unpaired) electrons. The van der Waals surface area contributed by atoms with Gasteiger partial charge in [-0.25, -0.2) is 0 Å². The lowest BCUT2D eigenvalue weighted by Gasteiger charge is -2.07. The van der Waals surface area contributed by atoms with Crippen LogP contribution < -0.4 is 11.5 Å². The van der Waals surface area contributed by atoms with Crippen molar-refractivity contribution in [2.75, 3.05) is 5.75 Å². The quantitative estimate of drug-likeness (QED) is 0.375. The van der Waals surface area contributed by atoms with Gasteiger partial charge in [-0.05, 0) is 12.8 Å². The number of carboxylic acids is 1. The summed E-state index contributed by atoms with van der Waals surface area (Å²) >= 11 is 3.94. The first-order valence-corrected chi connectivity index (χ1v) is 5.99. The summed E-state index contributed by atoms with van der Waals surface area (Å²) in [5.41, 5.74) is 10.8. The van der Waals surface area contributed by atoms with Gasteiger partial charge in [-0.15, -0.1) is 24.8 Å². The monoisotopic (exact) mass is 320 g/mol. The van der Waals surface area contributed by atoms with Crippen molar-refractivity contribution < 1.29 is 14.7 Å². The van der Waals surface area contributed by atoms with Crippen LogP contribution in [0.4, 0.5) is 0 Å². The third-order valence-electron chi connectivity index (χ3n) is 2.37. The fourth-order valence-electron chi connectivity index (χ4n) is 1.25. The van der Waals surface area contributed by atoms with E-state index in [2.05, 4.69) is 12.6 Å². The average molecular weight is 321 g/mol. The van der Waals surface area contributed by atoms with Crippen LogP contribution in [-0.2, 0) is 9.59 Å². The molecule has 110 valence electrons. The summed E-state index contributed by atoms with van der Waals surface area (Å²) in [6, 6.07) is -1.28. The molecule has 2 atom stereocenters. The van der Waals surface area contributed by atoms with E-state index in [4.69, 9.17) is 16.6 Å². The van der Waals surface area contributed by atoms with Gasteiger partial charge in [-0.1, -0.05) is 12.8 Å². The lowest BCUT2D eigenvalue weighted by atomic mass is 10.0. The van der Waals surface area contributed by atoms with Gasteiger partial charge in [-0.2, -0.15) is 12.6 Å². The number of aliphatic carboxylic acids is 1. The topological polar surface area (TPSA) is 106 Å². The highest BCUT2D eigenvalue weighted by Gasteiger charge is 2.12. The summed E-state index contributed by atoms with van der Waals surface area (Å²) in [6.45, 7) is 0. The van der Waals surface area contributed by atoms with Crippen molar-refractivity contribution in [3.05, 3.63) is 0 Å². The van der Waals surface area contributed by atoms with Gasteiger partial charge in [0, 0.05) is 12.2 Å². The number of hydrogen-bond donors (Lipinski definition) is 4. The fourth-order valence-corrected chi connectivity index (χ4v) is 1.45. The Balaban J connectivity index is -0.00000112. The van der Waals surface area contributed by atoms with E-state index in [1.54, 1.807) is 0 Å². The third-order valence-corrected chi connectivity index (χ3v) is 2.76. The molecule has 0 aliphatic carbocycles. The van der Waals surface area contributed by atoms with Crippen LogP contribution in [0.3, 0.4) is 0 Å². The van der Waals surface area contributed by atoms with Gasteiger partial charge < -0.3 is 16.6 Å². The highest BCUT2D eigenvalue weighted by Crippen LogP contribution is 2.06. The Hall–Kier alpha value is -0.0100. The molecule has 0 aromatic rings. The summed E-state index contributed by atoms with van der Waals surface area (Å²) in [6.07, 6.45) is 3.13. The van der Waals surface area contributed by atoms with Crippen LogP contribution in [-0.4, -0.2) is 34.7 Å². The van der Waals surface area contributed by atoms with E-state index < -0.39 is 18.1 Å². The van der Waals surface area contributed by atoms with E-state index in [0.717, 1.165) is 19.3 Å². The predicted octanol–water partition coefficient (Wildman–Crippen LogP) is 1.02. The van der Waals surface area contributed by atoms with E-state index in [1.807, 2.05) is 0 Å². The first kappa shape index (κ1) is 23.1. The molecule has 8 heteroatoms. The van der Waals surface area contributed by atoms with Crippen molar-refractivity contribution in [3.8, 4) is 0 Å². The number of thiol groups is 1. The number of rotatable bonds is 9. The van der Waals surface area contributed by atoms with Gasteiger partial charge in [0.05, 0.1) is 6.04 Å². The molecule has 0 aromatic carbocycles. The Bertz CT molecular complexity index is 245. The minimum Gasteiger partial charge on any atom is -0.480 e. The number of hydrogen-bond acceptors (Lipinski definition) is 5. The van der Waals surface area contributed by atoms with E-state index in [0.29, 0.717) is 18.6 Å². The molecule has 5 N–H and O–H groups in total. The highest BCUT2D eigenvalue weighted by atomic mass is 35.5. The maximum absolute atomic E-state index is 11.3. The second kappa shape index (κ2) is 13.4. The number of carbonyl (C=O) groups excluding carboxylic acids is 1. The molecule has 0 saturated heterocycles. The molecule has 18 heavy (non-hydrogen) atoms. The zero-order valence-corrected chi connectivity index (χ0v) is 12.6. The van der Waals surface area contributed by atoms with Crippen molar-refractivity contribution in [3.63, 3.8) is 0 Å². The van der Waals surface area contributed by atoms with E-state index in [-0.39, 0.29) is 30.6 Å². The molecule has 0 aliphatic rings. The molecule has 5 nitrogen and oxygen atoms in total. The standard InChI is InChI=1S/C10H20N2O3S.2ClH/c11-7(10(14)15)4-2-1-3-5-9(13)8(12)6-16;;/h7-8,16H,1-6,11-12H2,(H,14,15);2*1H/t7-,8?;;/m0../s1. The Labute approximate surface area is 125 Å². The molecule has 0 aliphatic heterocycles. The summed E-state index contributed by atoms with van der Waals surface area (Å²) < 4.78 is 0. The van der Waals surface area contributed by atoms with Crippen molar-refractivity contribution in [1.29, 1.82) is 0 Å². The predicted molar refractivity (Wildman–Crippen MR) is 80.0 cm³/mol. The Morgan fingerprint density at radius 2 is 1.61 bits per heavy atom. The van der Waals surface area contributed by atoms with Gasteiger partial charge in [0.2, 0.25) is 0 Å². The maximum atomic E-state index is 11.3. The van der Waals surface area contributed by atoms with Gasteiger partial charge in [0.1, 0.15) is 11.8 Å². The number of halogens is 2. The summed E-state index contributed by atoms with van der Waals surface area (Å²) in [4.78, 5) is 21.7. The molecular formula is C10H22Cl2N2O3S. The Morgan fingerprint density at radius 1 is 1.06 bits per heavy atom. The second-order valence-corrected chi connectivity index (χ2v) is 4.16. The van der Waals surface area contributed by atoms with Crippen molar-refractivity contribution in [1.82, 2.24) is 0 Å². The average Bonchev–Trinajstić information content (AvgIpc) is 2.26. The van der Waals surface area contributed by atoms with Crippen LogP contribution in [0.15, 0.2) is 0 Å². The number of nitrogens with two attached hydrogens (primary N) is 2. The summed E-state index contributed by atoms with van der Waals surface area (Å²) in [5.74, 6) is -0.603. The van der Waals surface area contributed by atoms with Gasteiger partial charge >= 0.3 is 5.97 Å². The smallest absolute Gasteiger partial charge is 0.320 e. The highest BCUT2D eigenvalue weighted by molar-refractivity contribution is 7.80. The van der Waals surface area contributed by atoms with Crippen molar-refractivity contribution >= 4 is 49.2 Å². The van der Waals surface area contributed by atoms with E-state index >= 15 is 0 Å². The van der Waals surface area contributed by atoms with Crippen LogP contribution in [0.2, 0.25) is 0 Å². The molecule has 0 spiro atoms.